The molecule has 0 radical (unpaired) electrons. The van der Waals surface area contributed by atoms with Gasteiger partial charge in [0.15, 0.2) is 0 Å². The Morgan fingerprint density at radius 1 is 1.06 bits per heavy atom. The Morgan fingerprint density at radius 3 is 2.67 bits per heavy atom. The first-order chi connectivity index (χ1) is 8.78. The molecule has 2 nitrogen and oxygen atoms in total. The quantitative estimate of drug-likeness (QED) is 0.623. The number of furan rings is 1. The second kappa shape index (κ2) is 4.15. The van der Waals surface area contributed by atoms with Crippen LogP contribution in [0.5, 0.6) is 0 Å². The van der Waals surface area contributed by atoms with Crippen LogP contribution in [0.1, 0.15) is 15.9 Å². The molecule has 0 fully saturated rings. The minimum Gasteiger partial charge on any atom is -0.456 e. The zero-order valence-electron chi connectivity index (χ0n) is 10.0. The van der Waals surface area contributed by atoms with Crippen molar-refractivity contribution in [3.05, 3.63) is 59.7 Å². The van der Waals surface area contributed by atoms with Gasteiger partial charge in [-0.15, -0.1) is 0 Å². The molecule has 0 atom stereocenters. The van der Waals surface area contributed by atoms with Crippen molar-refractivity contribution in [1.29, 1.82) is 0 Å². The second-order valence-electron chi connectivity index (χ2n) is 4.35. The van der Waals surface area contributed by atoms with Gasteiger partial charge in [0.1, 0.15) is 17.6 Å². The molecule has 18 heavy (non-hydrogen) atoms. The molecule has 0 saturated heterocycles. The molecular formula is C16H12O2. The van der Waals surface area contributed by atoms with Crippen LogP contribution < -0.4 is 0 Å². The summed E-state index contributed by atoms with van der Waals surface area (Å²) < 4.78 is 5.87. The topological polar surface area (TPSA) is 30.2 Å². The van der Waals surface area contributed by atoms with Gasteiger partial charge in [-0.2, -0.15) is 0 Å². The molecule has 2 heteroatoms. The summed E-state index contributed by atoms with van der Waals surface area (Å²) in [4.78, 5) is 10.8. The number of hydrogen-bond acceptors (Lipinski definition) is 2. The molecule has 1 heterocycles. The Bertz CT molecular complexity index is 723. The Kier molecular flexibility index (Phi) is 2.49. The summed E-state index contributed by atoms with van der Waals surface area (Å²) in [5, 5.41) is 1.08. The Labute approximate surface area is 105 Å². The van der Waals surface area contributed by atoms with Crippen molar-refractivity contribution in [2.45, 2.75) is 6.92 Å². The average molecular weight is 236 g/mol. The third kappa shape index (κ3) is 1.72. The van der Waals surface area contributed by atoms with E-state index in [2.05, 4.69) is 0 Å². The van der Waals surface area contributed by atoms with Crippen molar-refractivity contribution in [3.8, 4) is 11.3 Å². The number of carbonyl (C=O) groups is 1. The van der Waals surface area contributed by atoms with Gasteiger partial charge >= 0.3 is 0 Å². The predicted molar refractivity (Wildman–Crippen MR) is 71.8 cm³/mol. The zero-order valence-corrected chi connectivity index (χ0v) is 10.0. The van der Waals surface area contributed by atoms with Crippen molar-refractivity contribution in [2.75, 3.05) is 0 Å². The number of aldehydes is 1. The normalized spacial score (nSPS) is 10.7. The second-order valence-corrected chi connectivity index (χ2v) is 4.35. The first-order valence-electron chi connectivity index (χ1n) is 5.83. The number of hydrogen-bond donors (Lipinski definition) is 0. The summed E-state index contributed by atoms with van der Waals surface area (Å²) >= 11 is 0. The minimum absolute atomic E-state index is 0.657. The van der Waals surface area contributed by atoms with Crippen LogP contribution >= 0.6 is 0 Å². The third-order valence-electron chi connectivity index (χ3n) is 3.05. The van der Waals surface area contributed by atoms with Crippen LogP contribution in [0.15, 0.2) is 52.9 Å². The zero-order chi connectivity index (χ0) is 12.5. The standard InChI is InChI=1S/C16H12O2/c1-11-4-2-7-14-9-15(18-16(11)14)13-6-3-5-12(8-13)10-17/h2-10H,1H3. The molecular weight excluding hydrogens is 224 g/mol. The van der Waals surface area contributed by atoms with E-state index in [9.17, 15) is 4.79 Å². The Balaban J connectivity index is 2.19. The van der Waals surface area contributed by atoms with Crippen LogP contribution in [-0.4, -0.2) is 6.29 Å². The van der Waals surface area contributed by atoms with Crippen molar-refractivity contribution >= 4 is 17.3 Å². The molecule has 88 valence electrons. The lowest BCUT2D eigenvalue weighted by Crippen LogP contribution is -1.80. The number of benzene rings is 2. The maximum atomic E-state index is 10.8. The fraction of sp³-hybridized carbons (Fsp3) is 0.0625. The van der Waals surface area contributed by atoms with Gasteiger partial charge in [-0.3, -0.25) is 4.79 Å². The molecule has 3 aromatic rings. The third-order valence-corrected chi connectivity index (χ3v) is 3.05. The van der Waals surface area contributed by atoms with E-state index in [-0.39, 0.29) is 0 Å². The summed E-state index contributed by atoms with van der Waals surface area (Å²) in [6.45, 7) is 2.03. The van der Waals surface area contributed by atoms with Crippen molar-refractivity contribution in [1.82, 2.24) is 0 Å². The smallest absolute Gasteiger partial charge is 0.150 e. The van der Waals surface area contributed by atoms with Gasteiger partial charge < -0.3 is 4.42 Å². The summed E-state index contributed by atoms with van der Waals surface area (Å²) in [7, 11) is 0. The fourth-order valence-corrected chi connectivity index (χ4v) is 2.12. The fourth-order valence-electron chi connectivity index (χ4n) is 2.12. The van der Waals surface area contributed by atoms with Crippen molar-refractivity contribution in [3.63, 3.8) is 0 Å². The van der Waals surface area contributed by atoms with Gasteiger partial charge in [-0.25, -0.2) is 0 Å². The van der Waals surface area contributed by atoms with E-state index in [1.807, 2.05) is 49.4 Å². The van der Waals surface area contributed by atoms with Crippen LogP contribution in [0.3, 0.4) is 0 Å². The van der Waals surface area contributed by atoms with E-state index in [0.29, 0.717) is 5.56 Å². The van der Waals surface area contributed by atoms with Crippen molar-refractivity contribution < 1.29 is 9.21 Å². The largest absolute Gasteiger partial charge is 0.456 e. The number of fused-ring (bicyclic) bond motifs is 1. The molecule has 0 aliphatic heterocycles. The van der Waals surface area contributed by atoms with Crippen LogP contribution in [0.25, 0.3) is 22.3 Å². The lowest BCUT2D eigenvalue weighted by molar-refractivity contribution is 0.112. The molecule has 0 N–H and O–H groups in total. The molecule has 3 rings (SSSR count). The van der Waals surface area contributed by atoms with E-state index in [1.54, 1.807) is 6.07 Å². The molecule has 0 unspecified atom stereocenters. The first kappa shape index (κ1) is 10.8. The van der Waals surface area contributed by atoms with Gasteiger partial charge in [0.25, 0.3) is 0 Å². The highest BCUT2D eigenvalue weighted by Crippen LogP contribution is 2.29. The molecule has 0 aliphatic carbocycles. The average Bonchev–Trinajstić information content (AvgIpc) is 2.84. The highest BCUT2D eigenvalue weighted by molar-refractivity contribution is 5.86. The number of para-hydroxylation sites is 1. The SMILES string of the molecule is Cc1cccc2cc(-c3cccc(C=O)c3)oc12. The predicted octanol–water partition coefficient (Wildman–Crippen LogP) is 4.22. The molecule has 1 aromatic heterocycles. The van der Waals surface area contributed by atoms with Crippen LogP contribution in [0, 0.1) is 6.92 Å². The number of rotatable bonds is 2. The van der Waals surface area contributed by atoms with Crippen LogP contribution in [0.2, 0.25) is 0 Å². The van der Waals surface area contributed by atoms with Crippen molar-refractivity contribution in [2.24, 2.45) is 0 Å². The molecule has 0 bridgehead atoms. The van der Waals surface area contributed by atoms with Gasteiger partial charge in [0.2, 0.25) is 0 Å². The first-order valence-corrected chi connectivity index (χ1v) is 5.83. The van der Waals surface area contributed by atoms with Gasteiger partial charge in [0, 0.05) is 16.5 Å². The lowest BCUT2D eigenvalue weighted by Gasteiger charge is -1.97. The molecule has 2 aromatic carbocycles. The lowest BCUT2D eigenvalue weighted by atomic mass is 10.1. The summed E-state index contributed by atoms with van der Waals surface area (Å²) in [6.07, 6.45) is 0.845. The van der Waals surface area contributed by atoms with E-state index < -0.39 is 0 Å². The van der Waals surface area contributed by atoms with E-state index in [0.717, 1.165) is 34.1 Å². The molecule has 0 saturated carbocycles. The molecule has 0 spiro atoms. The van der Waals surface area contributed by atoms with Crippen LogP contribution in [-0.2, 0) is 0 Å². The highest BCUT2D eigenvalue weighted by Gasteiger charge is 2.07. The summed E-state index contributed by atoms with van der Waals surface area (Å²) in [6, 6.07) is 15.5. The van der Waals surface area contributed by atoms with E-state index >= 15 is 0 Å². The number of aryl methyl sites for hydroxylation is 1. The van der Waals surface area contributed by atoms with Crippen LogP contribution in [0.4, 0.5) is 0 Å². The monoisotopic (exact) mass is 236 g/mol. The van der Waals surface area contributed by atoms with E-state index in [1.165, 1.54) is 0 Å². The van der Waals surface area contributed by atoms with Gasteiger partial charge in [0.05, 0.1) is 0 Å². The Morgan fingerprint density at radius 2 is 1.89 bits per heavy atom. The maximum Gasteiger partial charge on any atom is 0.150 e. The Hall–Kier alpha value is -2.35. The summed E-state index contributed by atoms with van der Waals surface area (Å²) in [5.74, 6) is 0.794. The number of carbonyl (C=O) groups excluding carboxylic acids is 1. The van der Waals surface area contributed by atoms with E-state index in [4.69, 9.17) is 4.42 Å². The van der Waals surface area contributed by atoms with Gasteiger partial charge in [-0.1, -0.05) is 36.4 Å². The minimum atomic E-state index is 0.657. The maximum absolute atomic E-state index is 10.8. The summed E-state index contributed by atoms with van der Waals surface area (Å²) in [5.41, 5.74) is 3.61. The highest BCUT2D eigenvalue weighted by atomic mass is 16.3. The molecule has 0 amide bonds. The molecule has 0 aliphatic rings. The van der Waals surface area contributed by atoms with Gasteiger partial charge in [-0.05, 0) is 24.6 Å².